The summed E-state index contributed by atoms with van der Waals surface area (Å²) < 4.78 is 2.08. The van der Waals surface area contributed by atoms with E-state index < -0.39 is 5.54 Å². The average molecular weight is 436 g/mol. The summed E-state index contributed by atoms with van der Waals surface area (Å²) in [6.45, 7) is 6.14. The van der Waals surface area contributed by atoms with Gasteiger partial charge in [0.2, 0.25) is 0 Å². The number of halogens is 1. The number of hydrogen-bond acceptors (Lipinski definition) is 2. The Kier molecular flexibility index (Phi) is 5.12. The summed E-state index contributed by atoms with van der Waals surface area (Å²) in [5.41, 5.74) is 5.17. The summed E-state index contributed by atoms with van der Waals surface area (Å²) in [4.78, 5) is 4.33. The molecule has 0 spiro atoms. The zero-order chi connectivity index (χ0) is 22.1. The number of fused-ring (bicyclic) bond motifs is 1. The van der Waals surface area contributed by atoms with Gasteiger partial charge in [0, 0.05) is 17.6 Å². The molecule has 0 saturated heterocycles. The molecule has 2 aromatic heterocycles. The first kappa shape index (κ1) is 20.2. The van der Waals surface area contributed by atoms with Crippen LogP contribution in [0.25, 0.3) is 16.5 Å². The van der Waals surface area contributed by atoms with Crippen LogP contribution in [0.4, 0.5) is 0 Å². The molecule has 0 N–H and O–H groups in total. The molecule has 0 fully saturated rings. The molecule has 4 heteroatoms. The van der Waals surface area contributed by atoms with Gasteiger partial charge in [0.15, 0.2) is 0 Å². The van der Waals surface area contributed by atoms with Crippen molar-refractivity contribution in [2.45, 2.75) is 12.5 Å². The molecule has 0 radical (unpaired) electrons. The Hall–Kier alpha value is -3.69. The molecule has 0 bridgehead atoms. The summed E-state index contributed by atoms with van der Waals surface area (Å²) in [5, 5.41) is 6.50. The van der Waals surface area contributed by atoms with Gasteiger partial charge in [0.05, 0.1) is 11.2 Å². The second-order valence-corrected chi connectivity index (χ2v) is 8.26. The van der Waals surface area contributed by atoms with Gasteiger partial charge in [-0.25, -0.2) is 9.67 Å². The average Bonchev–Trinajstić information content (AvgIpc) is 3.21. The maximum absolute atomic E-state index is 6.39. The molecule has 32 heavy (non-hydrogen) atoms. The van der Waals surface area contributed by atoms with E-state index in [9.17, 15) is 0 Å². The van der Waals surface area contributed by atoms with Crippen molar-refractivity contribution in [2.24, 2.45) is 0 Å². The van der Waals surface area contributed by atoms with Crippen LogP contribution >= 0.6 is 11.6 Å². The van der Waals surface area contributed by atoms with Crippen molar-refractivity contribution >= 4 is 28.1 Å². The van der Waals surface area contributed by atoms with Gasteiger partial charge in [-0.1, -0.05) is 109 Å². The highest BCUT2D eigenvalue weighted by atomic mass is 35.5. The number of aromatic nitrogens is 3. The number of nitrogens with zero attached hydrogens (tertiary/aromatic N) is 3. The van der Waals surface area contributed by atoms with E-state index in [1.165, 1.54) is 0 Å². The fourth-order valence-corrected chi connectivity index (χ4v) is 4.61. The van der Waals surface area contributed by atoms with Crippen LogP contribution in [-0.2, 0) is 5.54 Å². The van der Waals surface area contributed by atoms with Crippen molar-refractivity contribution in [3.05, 3.63) is 137 Å². The quantitative estimate of drug-likeness (QED) is 0.221. The Labute approximate surface area is 192 Å². The minimum absolute atomic E-state index is 0.426. The van der Waals surface area contributed by atoms with Crippen molar-refractivity contribution < 1.29 is 0 Å². The maximum atomic E-state index is 6.39. The first-order chi connectivity index (χ1) is 15.6. The van der Waals surface area contributed by atoms with Crippen LogP contribution in [0.3, 0.4) is 0 Å². The Morgan fingerprint density at radius 3 is 1.72 bits per heavy atom. The topological polar surface area (TPSA) is 30.7 Å². The Morgan fingerprint density at radius 2 is 1.28 bits per heavy atom. The minimum atomic E-state index is -0.722. The normalized spacial score (nSPS) is 11.6. The van der Waals surface area contributed by atoms with Gasteiger partial charge >= 0.3 is 0 Å². The highest BCUT2D eigenvalue weighted by molar-refractivity contribution is 6.30. The molecule has 5 rings (SSSR count). The first-order valence-electron chi connectivity index (χ1n) is 10.5. The van der Waals surface area contributed by atoms with Crippen LogP contribution in [0.5, 0.6) is 0 Å². The van der Waals surface area contributed by atoms with Gasteiger partial charge in [-0.05, 0) is 29.2 Å². The van der Waals surface area contributed by atoms with E-state index in [-0.39, 0.29) is 0 Å². The second kappa shape index (κ2) is 8.10. The summed E-state index contributed by atoms with van der Waals surface area (Å²) >= 11 is 6.39. The highest BCUT2D eigenvalue weighted by Gasteiger charge is 2.41. The Balaban J connectivity index is 2.01. The van der Waals surface area contributed by atoms with Crippen molar-refractivity contribution in [2.75, 3.05) is 0 Å². The lowest BCUT2D eigenvalue weighted by atomic mass is 9.77. The van der Waals surface area contributed by atoms with Crippen molar-refractivity contribution in [1.29, 1.82) is 0 Å². The molecule has 0 aliphatic carbocycles. The summed E-state index contributed by atoms with van der Waals surface area (Å²) in [7, 11) is 0. The smallest absolute Gasteiger partial charge is 0.138 e. The monoisotopic (exact) mass is 435 g/mol. The van der Waals surface area contributed by atoms with Crippen LogP contribution < -0.4 is 0 Å². The third kappa shape index (κ3) is 3.14. The molecular formula is C28H22ClN3. The molecule has 2 heterocycles. The van der Waals surface area contributed by atoms with E-state index in [1.54, 1.807) is 6.20 Å². The SMILES string of the molecule is C=C(C)c1nn(C(c2ccccc2)(c2ccccc2)c2ccccc2)c2cc(Cl)ncc12. The van der Waals surface area contributed by atoms with Crippen molar-refractivity contribution in [1.82, 2.24) is 14.8 Å². The largest absolute Gasteiger partial charge is 0.244 e. The molecule has 3 nitrogen and oxygen atoms in total. The third-order valence-electron chi connectivity index (χ3n) is 5.83. The molecule has 156 valence electrons. The lowest BCUT2D eigenvalue weighted by Gasteiger charge is -2.37. The maximum Gasteiger partial charge on any atom is 0.138 e. The van der Waals surface area contributed by atoms with Crippen molar-refractivity contribution in [3.8, 4) is 0 Å². The molecule has 0 unspecified atom stereocenters. The van der Waals surface area contributed by atoms with Crippen molar-refractivity contribution in [3.63, 3.8) is 0 Å². The van der Waals surface area contributed by atoms with Gasteiger partial charge in [0.25, 0.3) is 0 Å². The first-order valence-corrected chi connectivity index (χ1v) is 10.9. The lowest BCUT2D eigenvalue weighted by Crippen LogP contribution is -2.38. The van der Waals surface area contributed by atoms with Gasteiger partial charge < -0.3 is 0 Å². The van der Waals surface area contributed by atoms with Crippen LogP contribution in [0.2, 0.25) is 5.15 Å². The third-order valence-corrected chi connectivity index (χ3v) is 6.04. The lowest BCUT2D eigenvalue weighted by molar-refractivity contribution is 0.475. The van der Waals surface area contributed by atoms with E-state index >= 15 is 0 Å². The molecule has 0 amide bonds. The van der Waals surface area contributed by atoms with Gasteiger partial charge in [-0.2, -0.15) is 5.10 Å². The van der Waals surface area contributed by atoms with Crippen LogP contribution in [0, 0.1) is 0 Å². The summed E-state index contributed by atoms with van der Waals surface area (Å²) in [6, 6.07) is 33.3. The van der Waals surface area contributed by atoms with Crippen LogP contribution in [-0.4, -0.2) is 14.8 Å². The van der Waals surface area contributed by atoms with Gasteiger partial charge in [0.1, 0.15) is 10.7 Å². The van der Waals surface area contributed by atoms with E-state index in [1.807, 2.05) is 31.2 Å². The predicted octanol–water partition coefficient (Wildman–Crippen LogP) is 6.96. The van der Waals surface area contributed by atoms with Gasteiger partial charge in [-0.3, -0.25) is 0 Å². The molecule has 0 atom stereocenters. The molecular weight excluding hydrogens is 414 g/mol. The summed E-state index contributed by atoms with van der Waals surface area (Å²) in [5.74, 6) is 0. The highest BCUT2D eigenvalue weighted by Crippen LogP contribution is 2.43. The van der Waals surface area contributed by atoms with E-state index in [2.05, 4.69) is 89.0 Å². The molecule has 0 saturated carbocycles. The zero-order valence-electron chi connectivity index (χ0n) is 17.7. The fraction of sp³-hybridized carbons (Fsp3) is 0.0714. The number of allylic oxidation sites excluding steroid dienone is 1. The van der Waals surface area contributed by atoms with E-state index in [4.69, 9.17) is 16.7 Å². The fourth-order valence-electron chi connectivity index (χ4n) is 4.46. The van der Waals surface area contributed by atoms with Crippen LogP contribution in [0.1, 0.15) is 29.3 Å². The summed E-state index contributed by atoms with van der Waals surface area (Å²) in [6.07, 6.45) is 1.79. The zero-order valence-corrected chi connectivity index (χ0v) is 18.5. The minimum Gasteiger partial charge on any atom is -0.244 e. The van der Waals surface area contributed by atoms with Gasteiger partial charge in [-0.15, -0.1) is 0 Å². The molecule has 0 aliphatic rings. The van der Waals surface area contributed by atoms with E-state index in [0.717, 1.165) is 38.9 Å². The number of pyridine rings is 1. The predicted molar refractivity (Wildman–Crippen MR) is 132 cm³/mol. The Morgan fingerprint density at radius 1 is 0.812 bits per heavy atom. The molecule has 0 aliphatic heterocycles. The number of rotatable bonds is 5. The number of benzene rings is 3. The standard InChI is InChI=1S/C28H22ClN3/c1-20(2)27-24-19-30-26(29)18-25(24)32(31-27)28(21-12-6-3-7-13-21,22-14-8-4-9-15-22)23-16-10-5-11-17-23/h3-19H,1H2,2H3. The second-order valence-electron chi connectivity index (χ2n) is 7.87. The van der Waals surface area contributed by atoms with Crippen LogP contribution in [0.15, 0.2) is 110 Å². The Bertz CT molecular complexity index is 1290. The van der Waals surface area contributed by atoms with E-state index in [0.29, 0.717) is 5.15 Å². The molecule has 3 aromatic carbocycles. The molecule has 5 aromatic rings. The number of hydrogen-bond donors (Lipinski definition) is 0.